The van der Waals surface area contributed by atoms with Crippen LogP contribution in [0.3, 0.4) is 0 Å². The SMILES string of the molecule is CCCCCCCCCCCCN1C(=O)C(C)=C(C)C1=O. The summed E-state index contributed by atoms with van der Waals surface area (Å²) in [6, 6.07) is 0. The van der Waals surface area contributed by atoms with Crippen LogP contribution < -0.4 is 0 Å². The van der Waals surface area contributed by atoms with E-state index < -0.39 is 0 Å². The molecule has 0 bridgehead atoms. The lowest BCUT2D eigenvalue weighted by Crippen LogP contribution is -2.32. The Morgan fingerprint density at radius 1 is 0.667 bits per heavy atom. The molecule has 21 heavy (non-hydrogen) atoms. The number of carbonyl (C=O) groups excluding carboxylic acids is 2. The van der Waals surface area contributed by atoms with Gasteiger partial charge in [-0.25, -0.2) is 0 Å². The minimum Gasteiger partial charge on any atom is -0.275 e. The number of nitrogens with zero attached hydrogens (tertiary/aromatic N) is 1. The molecule has 0 aromatic carbocycles. The fourth-order valence-electron chi connectivity index (χ4n) is 2.78. The van der Waals surface area contributed by atoms with Gasteiger partial charge in [-0.1, -0.05) is 64.7 Å². The highest BCUT2D eigenvalue weighted by molar-refractivity contribution is 6.18. The molecule has 2 amide bonds. The molecule has 0 N–H and O–H groups in total. The van der Waals surface area contributed by atoms with Gasteiger partial charge in [0.15, 0.2) is 0 Å². The molecule has 1 aliphatic rings. The molecule has 120 valence electrons. The largest absolute Gasteiger partial charge is 0.275 e. The minimum atomic E-state index is -0.0894. The van der Waals surface area contributed by atoms with E-state index >= 15 is 0 Å². The lowest BCUT2D eigenvalue weighted by atomic mass is 10.1. The van der Waals surface area contributed by atoms with Crippen molar-refractivity contribution in [1.29, 1.82) is 0 Å². The molecule has 0 aliphatic carbocycles. The second-order valence-corrected chi connectivity index (χ2v) is 6.19. The number of carbonyl (C=O) groups is 2. The van der Waals surface area contributed by atoms with Gasteiger partial charge in [-0.3, -0.25) is 14.5 Å². The molecule has 0 spiro atoms. The first-order valence-corrected chi connectivity index (χ1v) is 8.63. The molecule has 0 saturated carbocycles. The summed E-state index contributed by atoms with van der Waals surface area (Å²) in [5.74, 6) is -0.179. The van der Waals surface area contributed by atoms with Gasteiger partial charge in [0.25, 0.3) is 11.8 Å². The third kappa shape index (κ3) is 5.64. The van der Waals surface area contributed by atoms with E-state index in [1.165, 1.54) is 56.3 Å². The molecule has 3 heteroatoms. The summed E-state index contributed by atoms with van der Waals surface area (Å²) >= 11 is 0. The fraction of sp³-hybridized carbons (Fsp3) is 0.778. The predicted octanol–water partition coefficient (Wildman–Crippen LogP) is 4.61. The number of hydrogen-bond acceptors (Lipinski definition) is 2. The summed E-state index contributed by atoms with van der Waals surface area (Å²) in [4.78, 5) is 25.1. The standard InChI is InChI=1S/C18H31NO2/c1-4-5-6-7-8-9-10-11-12-13-14-19-17(20)15(2)16(3)18(19)21/h4-14H2,1-3H3. The van der Waals surface area contributed by atoms with Gasteiger partial charge in [-0.05, 0) is 20.3 Å². The minimum absolute atomic E-state index is 0.0894. The van der Waals surface area contributed by atoms with E-state index in [0.29, 0.717) is 17.7 Å². The van der Waals surface area contributed by atoms with Gasteiger partial charge in [0, 0.05) is 17.7 Å². The smallest absolute Gasteiger partial charge is 0.256 e. The van der Waals surface area contributed by atoms with Crippen molar-refractivity contribution in [3.8, 4) is 0 Å². The monoisotopic (exact) mass is 293 g/mol. The van der Waals surface area contributed by atoms with Crippen LogP contribution in [0.25, 0.3) is 0 Å². The first-order valence-electron chi connectivity index (χ1n) is 8.63. The topological polar surface area (TPSA) is 37.4 Å². The highest BCUT2D eigenvalue weighted by Gasteiger charge is 2.32. The van der Waals surface area contributed by atoms with Crippen LogP contribution in [-0.4, -0.2) is 23.3 Å². The van der Waals surface area contributed by atoms with E-state index in [1.54, 1.807) is 13.8 Å². The Bertz CT molecular complexity index is 361. The Balaban J connectivity index is 2.01. The van der Waals surface area contributed by atoms with Crippen LogP contribution in [0, 0.1) is 0 Å². The van der Waals surface area contributed by atoms with Crippen LogP contribution in [0.15, 0.2) is 11.1 Å². The number of hydrogen-bond donors (Lipinski definition) is 0. The molecule has 0 saturated heterocycles. The van der Waals surface area contributed by atoms with Crippen molar-refractivity contribution in [2.75, 3.05) is 6.54 Å². The molecule has 0 atom stereocenters. The van der Waals surface area contributed by atoms with Crippen molar-refractivity contribution in [2.24, 2.45) is 0 Å². The van der Waals surface area contributed by atoms with Gasteiger partial charge >= 0.3 is 0 Å². The van der Waals surface area contributed by atoms with E-state index in [4.69, 9.17) is 0 Å². The van der Waals surface area contributed by atoms with E-state index in [0.717, 1.165) is 12.8 Å². The van der Waals surface area contributed by atoms with Gasteiger partial charge in [0.2, 0.25) is 0 Å². The first-order chi connectivity index (χ1) is 10.1. The summed E-state index contributed by atoms with van der Waals surface area (Å²) in [6.07, 6.45) is 12.6. The second-order valence-electron chi connectivity index (χ2n) is 6.19. The summed E-state index contributed by atoms with van der Waals surface area (Å²) in [5.41, 5.74) is 1.24. The molecule has 0 unspecified atom stereocenters. The van der Waals surface area contributed by atoms with Gasteiger partial charge in [-0.15, -0.1) is 0 Å². The molecule has 3 nitrogen and oxygen atoms in total. The van der Waals surface area contributed by atoms with Crippen LogP contribution in [0.2, 0.25) is 0 Å². The maximum atomic E-state index is 11.9. The molecule has 0 aromatic heterocycles. The zero-order chi connectivity index (χ0) is 15.7. The Morgan fingerprint density at radius 2 is 1.05 bits per heavy atom. The van der Waals surface area contributed by atoms with E-state index in [1.807, 2.05) is 0 Å². The molecular formula is C18H31NO2. The van der Waals surface area contributed by atoms with Gasteiger partial charge in [0.1, 0.15) is 0 Å². The van der Waals surface area contributed by atoms with Crippen LogP contribution >= 0.6 is 0 Å². The molecule has 1 heterocycles. The van der Waals surface area contributed by atoms with Gasteiger partial charge in [-0.2, -0.15) is 0 Å². The highest BCUT2D eigenvalue weighted by atomic mass is 16.2. The maximum absolute atomic E-state index is 11.9. The lowest BCUT2D eigenvalue weighted by molar-refractivity contribution is -0.137. The summed E-state index contributed by atoms with van der Waals surface area (Å²) in [5, 5.41) is 0. The quantitative estimate of drug-likeness (QED) is 0.412. The third-order valence-electron chi connectivity index (χ3n) is 4.43. The highest BCUT2D eigenvalue weighted by Crippen LogP contribution is 2.20. The van der Waals surface area contributed by atoms with Crippen LogP contribution in [-0.2, 0) is 9.59 Å². The average molecular weight is 293 g/mol. The predicted molar refractivity (Wildman–Crippen MR) is 86.9 cm³/mol. The summed E-state index contributed by atoms with van der Waals surface area (Å²) in [6.45, 7) is 6.32. The van der Waals surface area contributed by atoms with E-state index in [9.17, 15) is 9.59 Å². The Morgan fingerprint density at radius 3 is 1.48 bits per heavy atom. The van der Waals surface area contributed by atoms with Crippen LogP contribution in [0.4, 0.5) is 0 Å². The van der Waals surface area contributed by atoms with Crippen molar-refractivity contribution in [1.82, 2.24) is 4.90 Å². The van der Waals surface area contributed by atoms with Crippen molar-refractivity contribution < 1.29 is 9.59 Å². The zero-order valence-corrected chi connectivity index (χ0v) is 14.0. The third-order valence-corrected chi connectivity index (χ3v) is 4.43. The van der Waals surface area contributed by atoms with Crippen LogP contribution in [0.5, 0.6) is 0 Å². The van der Waals surface area contributed by atoms with Crippen molar-refractivity contribution in [3.63, 3.8) is 0 Å². The number of imide groups is 1. The lowest BCUT2D eigenvalue weighted by Gasteiger charge is -2.14. The molecule has 1 rings (SSSR count). The Kier molecular flexibility index (Phi) is 8.33. The summed E-state index contributed by atoms with van der Waals surface area (Å²) < 4.78 is 0. The summed E-state index contributed by atoms with van der Waals surface area (Å²) in [7, 11) is 0. The van der Waals surface area contributed by atoms with Crippen molar-refractivity contribution >= 4 is 11.8 Å². The van der Waals surface area contributed by atoms with Gasteiger partial charge < -0.3 is 0 Å². The van der Waals surface area contributed by atoms with Crippen molar-refractivity contribution in [3.05, 3.63) is 11.1 Å². The number of unbranched alkanes of at least 4 members (excludes halogenated alkanes) is 9. The Hall–Kier alpha value is -1.12. The van der Waals surface area contributed by atoms with Gasteiger partial charge in [0.05, 0.1) is 0 Å². The number of rotatable bonds is 11. The second kappa shape index (κ2) is 9.75. The van der Waals surface area contributed by atoms with E-state index in [2.05, 4.69) is 6.92 Å². The number of amides is 2. The fourth-order valence-corrected chi connectivity index (χ4v) is 2.78. The molecular weight excluding hydrogens is 262 g/mol. The average Bonchev–Trinajstić information content (AvgIpc) is 2.66. The molecule has 1 aliphatic heterocycles. The first kappa shape index (κ1) is 17.9. The normalized spacial score (nSPS) is 15.5. The maximum Gasteiger partial charge on any atom is 0.256 e. The molecule has 0 radical (unpaired) electrons. The zero-order valence-electron chi connectivity index (χ0n) is 14.0. The van der Waals surface area contributed by atoms with Crippen molar-refractivity contribution in [2.45, 2.75) is 85.0 Å². The molecule has 0 aromatic rings. The Labute approximate surface area is 129 Å². The molecule has 0 fully saturated rings. The van der Waals surface area contributed by atoms with E-state index in [-0.39, 0.29) is 11.8 Å². The van der Waals surface area contributed by atoms with Crippen LogP contribution in [0.1, 0.15) is 85.0 Å².